The largest absolute Gasteiger partial charge is 0.456 e. The molecule has 3 heteroatoms. The Morgan fingerprint density at radius 2 is 0.687 bits per heavy atom. The van der Waals surface area contributed by atoms with Crippen molar-refractivity contribution in [1.82, 2.24) is 0 Å². The molecule has 3 nitrogen and oxygen atoms in total. The van der Waals surface area contributed by atoms with Crippen LogP contribution in [0.3, 0.4) is 0 Å². The van der Waals surface area contributed by atoms with Crippen molar-refractivity contribution in [2.45, 2.75) is 0 Å². The first-order chi connectivity index (χ1) is 33.2. The lowest BCUT2D eigenvalue weighted by Gasteiger charge is -2.26. The van der Waals surface area contributed by atoms with Gasteiger partial charge < -0.3 is 13.7 Å². The van der Waals surface area contributed by atoms with E-state index >= 15 is 0 Å². The summed E-state index contributed by atoms with van der Waals surface area (Å²) in [6, 6.07) is 88.7. The lowest BCUT2D eigenvalue weighted by Crippen LogP contribution is -2.09. The summed E-state index contributed by atoms with van der Waals surface area (Å²) < 4.78 is 13.6. The topological polar surface area (TPSA) is 29.5 Å². The summed E-state index contributed by atoms with van der Waals surface area (Å²) in [4.78, 5) is 2.34. The van der Waals surface area contributed by atoms with Crippen molar-refractivity contribution in [1.29, 1.82) is 0 Å². The predicted octanol–water partition coefficient (Wildman–Crippen LogP) is 18.4. The molecule has 0 amide bonds. The highest BCUT2D eigenvalue weighted by Gasteiger charge is 2.24. The van der Waals surface area contributed by atoms with E-state index in [1.165, 1.54) is 27.6 Å². The predicted molar refractivity (Wildman–Crippen MR) is 280 cm³/mol. The second-order valence-corrected chi connectivity index (χ2v) is 17.2. The van der Waals surface area contributed by atoms with Crippen molar-refractivity contribution in [2.24, 2.45) is 0 Å². The third-order valence-corrected chi connectivity index (χ3v) is 13.3. The number of fused-ring (bicyclic) bond motifs is 9. The quantitative estimate of drug-likeness (QED) is 0.143. The minimum atomic E-state index is 0.829. The fourth-order valence-corrected chi connectivity index (χ4v) is 10.0. The molecule has 0 atom stereocenters. The van der Waals surface area contributed by atoms with Crippen LogP contribution in [0.1, 0.15) is 0 Å². The molecule has 0 aliphatic rings. The zero-order valence-electron chi connectivity index (χ0n) is 36.4. The molecule has 67 heavy (non-hydrogen) atoms. The van der Waals surface area contributed by atoms with Gasteiger partial charge in [-0.1, -0.05) is 182 Å². The maximum Gasteiger partial charge on any atom is 0.143 e. The van der Waals surface area contributed by atoms with Crippen LogP contribution in [0, 0.1) is 0 Å². The Morgan fingerprint density at radius 3 is 1.28 bits per heavy atom. The number of benzene rings is 11. The summed E-state index contributed by atoms with van der Waals surface area (Å²) in [5.41, 5.74) is 16.1. The first kappa shape index (κ1) is 38.5. The van der Waals surface area contributed by atoms with Crippen LogP contribution in [-0.2, 0) is 0 Å². The molecule has 0 N–H and O–H groups in total. The van der Waals surface area contributed by atoms with E-state index in [0.717, 1.165) is 99.7 Å². The van der Waals surface area contributed by atoms with Crippen molar-refractivity contribution in [2.75, 3.05) is 4.90 Å². The molecule has 0 bridgehead atoms. The zero-order chi connectivity index (χ0) is 44.3. The summed E-state index contributed by atoms with van der Waals surface area (Å²) in [6.07, 6.45) is 0. The number of anilines is 3. The smallest absolute Gasteiger partial charge is 0.143 e. The number of hydrogen-bond acceptors (Lipinski definition) is 3. The van der Waals surface area contributed by atoms with Gasteiger partial charge in [-0.15, -0.1) is 0 Å². The standard InChI is InChI=1S/C64H41NO2/c1-4-14-42(15-5-1)44-24-32-50(33-25-44)65(51-34-26-45(27-35-51)43-16-6-2-7-17-43)52-36-28-46(29-37-52)48-30-39-57-58(40-48)53-20-10-11-22-56(53)62-61(47-18-8-3-9-19-47)63(67-64(57)62)49-31-38-55-54-21-12-13-23-59(54)66-60(55)41-49/h1-41H. The van der Waals surface area contributed by atoms with Gasteiger partial charge in [-0.05, 0) is 122 Å². The normalized spacial score (nSPS) is 11.6. The summed E-state index contributed by atoms with van der Waals surface area (Å²) >= 11 is 0. The van der Waals surface area contributed by atoms with Crippen LogP contribution in [0.15, 0.2) is 258 Å². The third-order valence-electron chi connectivity index (χ3n) is 13.3. The zero-order valence-corrected chi connectivity index (χ0v) is 36.4. The SMILES string of the molecule is c1ccc(-c2ccc(N(c3ccc(-c4ccccc4)cc3)c3ccc(-c4ccc5c(c4)c4ccccc4c4c(-c6ccccc6)c(-c6ccc7c(c6)oc6ccccc67)oc54)cc3)cc2)cc1. The van der Waals surface area contributed by atoms with Crippen molar-refractivity contribution in [3.8, 4) is 55.8 Å². The van der Waals surface area contributed by atoms with Crippen LogP contribution in [0.5, 0.6) is 0 Å². The van der Waals surface area contributed by atoms with Gasteiger partial charge in [0.15, 0.2) is 0 Å². The fourth-order valence-electron chi connectivity index (χ4n) is 10.0. The van der Waals surface area contributed by atoms with E-state index in [-0.39, 0.29) is 0 Å². The molecule has 0 unspecified atom stereocenters. The summed E-state index contributed by atoms with van der Waals surface area (Å²) in [5, 5.41) is 7.88. The van der Waals surface area contributed by atoms with E-state index in [2.05, 4.69) is 241 Å². The van der Waals surface area contributed by atoms with Crippen molar-refractivity contribution < 1.29 is 8.83 Å². The molecule has 11 aromatic carbocycles. The van der Waals surface area contributed by atoms with E-state index in [1.54, 1.807) is 0 Å². The Bertz CT molecular complexity index is 3840. The van der Waals surface area contributed by atoms with Gasteiger partial charge in [0.2, 0.25) is 0 Å². The Balaban J connectivity index is 0.925. The van der Waals surface area contributed by atoms with Crippen molar-refractivity contribution >= 4 is 71.5 Å². The number of furan rings is 2. The third kappa shape index (κ3) is 6.67. The van der Waals surface area contributed by atoms with Crippen molar-refractivity contribution in [3.05, 3.63) is 249 Å². The van der Waals surface area contributed by atoms with E-state index in [4.69, 9.17) is 8.83 Å². The van der Waals surface area contributed by atoms with E-state index < -0.39 is 0 Å². The molecule has 0 fully saturated rings. The molecule has 0 spiro atoms. The van der Waals surface area contributed by atoms with Gasteiger partial charge >= 0.3 is 0 Å². The summed E-state index contributed by atoms with van der Waals surface area (Å²) in [7, 11) is 0. The molecule has 2 heterocycles. The van der Waals surface area contributed by atoms with Crippen LogP contribution in [0.25, 0.3) is 110 Å². The monoisotopic (exact) mass is 855 g/mol. The summed E-state index contributed by atoms with van der Waals surface area (Å²) in [6.45, 7) is 0. The highest BCUT2D eigenvalue weighted by atomic mass is 16.3. The average molecular weight is 856 g/mol. The number of hydrogen-bond donors (Lipinski definition) is 0. The maximum atomic E-state index is 7.17. The van der Waals surface area contributed by atoms with Gasteiger partial charge in [-0.25, -0.2) is 0 Å². The Labute approximate surface area is 388 Å². The highest BCUT2D eigenvalue weighted by molar-refractivity contribution is 6.29. The van der Waals surface area contributed by atoms with E-state index in [9.17, 15) is 0 Å². The Kier molecular flexibility index (Phi) is 9.17. The van der Waals surface area contributed by atoms with Gasteiger partial charge in [0, 0.05) is 49.7 Å². The molecule has 2 aromatic heterocycles. The molecule has 13 rings (SSSR count). The molecule has 0 radical (unpaired) electrons. The molecule has 314 valence electrons. The number of para-hydroxylation sites is 1. The Morgan fingerprint density at radius 1 is 0.254 bits per heavy atom. The first-order valence-electron chi connectivity index (χ1n) is 22.8. The molecule has 0 saturated carbocycles. The minimum Gasteiger partial charge on any atom is -0.456 e. The van der Waals surface area contributed by atoms with Crippen LogP contribution >= 0.6 is 0 Å². The van der Waals surface area contributed by atoms with Crippen molar-refractivity contribution in [3.63, 3.8) is 0 Å². The summed E-state index contributed by atoms with van der Waals surface area (Å²) in [5.74, 6) is 0.829. The number of rotatable bonds is 8. The first-order valence-corrected chi connectivity index (χ1v) is 22.8. The Hall–Kier alpha value is -8.92. The lowest BCUT2D eigenvalue weighted by atomic mass is 9.91. The van der Waals surface area contributed by atoms with Crippen LogP contribution in [0.2, 0.25) is 0 Å². The second kappa shape index (κ2) is 16.0. The van der Waals surface area contributed by atoms with E-state index in [0.29, 0.717) is 0 Å². The van der Waals surface area contributed by atoms with Gasteiger partial charge in [-0.2, -0.15) is 0 Å². The maximum absolute atomic E-state index is 7.17. The molecule has 0 aliphatic carbocycles. The average Bonchev–Trinajstić information content (AvgIpc) is 4.00. The molecular formula is C64H41NO2. The molecular weight excluding hydrogens is 815 g/mol. The fraction of sp³-hybridized carbons (Fsp3) is 0. The van der Waals surface area contributed by atoms with Gasteiger partial charge in [0.1, 0.15) is 22.5 Å². The molecule has 0 aliphatic heterocycles. The number of nitrogens with zero attached hydrogens (tertiary/aromatic N) is 1. The lowest BCUT2D eigenvalue weighted by molar-refractivity contribution is 0.635. The molecule has 0 saturated heterocycles. The van der Waals surface area contributed by atoms with Gasteiger partial charge in [0.05, 0.1) is 0 Å². The molecule has 13 aromatic rings. The van der Waals surface area contributed by atoms with Gasteiger partial charge in [0.25, 0.3) is 0 Å². The second-order valence-electron chi connectivity index (χ2n) is 17.2. The van der Waals surface area contributed by atoms with Crippen LogP contribution in [-0.4, -0.2) is 0 Å². The van der Waals surface area contributed by atoms with Crippen LogP contribution < -0.4 is 4.90 Å². The highest BCUT2D eigenvalue weighted by Crippen LogP contribution is 2.49. The minimum absolute atomic E-state index is 0.829. The van der Waals surface area contributed by atoms with E-state index in [1.807, 2.05) is 12.1 Å². The van der Waals surface area contributed by atoms with Crippen LogP contribution in [0.4, 0.5) is 17.1 Å². The van der Waals surface area contributed by atoms with Gasteiger partial charge in [-0.3, -0.25) is 0 Å².